The molecule has 0 spiro atoms. The molecule has 0 heterocycles. The third kappa shape index (κ3) is 4.75. The van der Waals surface area contributed by atoms with Crippen molar-refractivity contribution in [3.05, 3.63) is 28.2 Å². The van der Waals surface area contributed by atoms with Crippen molar-refractivity contribution in [2.45, 2.75) is 6.92 Å². The maximum atomic E-state index is 12.0. The Labute approximate surface area is 130 Å². The number of hydrogen-bond donors (Lipinski definition) is 3. The number of carboxylic acid groups (broad SMARTS) is 1. The van der Waals surface area contributed by atoms with E-state index in [4.69, 9.17) is 5.11 Å². The summed E-state index contributed by atoms with van der Waals surface area (Å²) < 4.78 is 0.422. The number of carbonyl (C=O) groups excluding carboxylic acids is 2. The Morgan fingerprint density at radius 2 is 2.00 bits per heavy atom. The van der Waals surface area contributed by atoms with E-state index in [-0.39, 0.29) is 18.0 Å². The lowest BCUT2D eigenvalue weighted by atomic mass is 10.2. The second-order valence-electron chi connectivity index (χ2n) is 4.12. The van der Waals surface area contributed by atoms with Gasteiger partial charge in [-0.1, -0.05) is 0 Å². The molecule has 1 aromatic carbocycles. The number of hydrogen-bond acceptors (Lipinski definition) is 3. The molecule has 0 fully saturated rings. The number of amides is 3. The first-order valence-electron chi connectivity index (χ1n) is 6.18. The van der Waals surface area contributed by atoms with Crippen LogP contribution in [0.4, 0.5) is 10.5 Å². The van der Waals surface area contributed by atoms with E-state index in [2.05, 4.69) is 26.6 Å². The number of benzene rings is 1. The predicted molar refractivity (Wildman–Crippen MR) is 81.4 cm³/mol. The van der Waals surface area contributed by atoms with Crippen molar-refractivity contribution >= 4 is 39.5 Å². The number of aromatic carboxylic acids is 1. The number of likely N-dealkylation sites (N-methyl/N-ethyl adjacent to an activating group) is 2. The third-order valence-electron chi connectivity index (χ3n) is 2.73. The summed E-state index contributed by atoms with van der Waals surface area (Å²) in [7, 11) is 1.49. The van der Waals surface area contributed by atoms with Gasteiger partial charge in [-0.25, -0.2) is 9.59 Å². The summed E-state index contributed by atoms with van der Waals surface area (Å²) in [5.74, 6) is -1.38. The van der Waals surface area contributed by atoms with Gasteiger partial charge in [-0.3, -0.25) is 4.79 Å². The molecule has 114 valence electrons. The molecule has 0 aliphatic heterocycles. The molecule has 0 aromatic heterocycles. The smallest absolute Gasteiger partial charge is 0.336 e. The lowest BCUT2D eigenvalue weighted by Gasteiger charge is -2.20. The van der Waals surface area contributed by atoms with Crippen molar-refractivity contribution < 1.29 is 19.5 Å². The third-order valence-corrected chi connectivity index (χ3v) is 3.42. The van der Waals surface area contributed by atoms with E-state index >= 15 is 0 Å². The van der Waals surface area contributed by atoms with Crippen molar-refractivity contribution in [3.8, 4) is 0 Å². The van der Waals surface area contributed by atoms with Gasteiger partial charge in [0.05, 0.1) is 5.56 Å². The number of rotatable bonds is 5. The van der Waals surface area contributed by atoms with Gasteiger partial charge in [0, 0.05) is 23.8 Å². The van der Waals surface area contributed by atoms with Crippen LogP contribution in [0.15, 0.2) is 22.7 Å². The van der Waals surface area contributed by atoms with Gasteiger partial charge in [0.15, 0.2) is 0 Å². The quantitative estimate of drug-likeness (QED) is 0.747. The van der Waals surface area contributed by atoms with Crippen molar-refractivity contribution in [2.24, 2.45) is 0 Å². The fourth-order valence-corrected chi connectivity index (χ4v) is 1.97. The minimum absolute atomic E-state index is 0.0437. The van der Waals surface area contributed by atoms with Crippen LogP contribution in [0.5, 0.6) is 0 Å². The fourth-order valence-electron chi connectivity index (χ4n) is 1.55. The second kappa shape index (κ2) is 7.63. The summed E-state index contributed by atoms with van der Waals surface area (Å²) >= 11 is 3.13. The standard InChI is InChI=1S/C13H16BrN3O4/c1-3-17(7-11(18)15-2)13(21)16-8-4-5-10(14)9(6-8)12(19)20/h4-6H,3,7H2,1-2H3,(H,15,18)(H,16,21)(H,19,20). The zero-order chi connectivity index (χ0) is 16.0. The van der Waals surface area contributed by atoms with E-state index in [0.717, 1.165) is 0 Å². The molecule has 0 radical (unpaired) electrons. The Bertz CT molecular complexity index is 562. The monoisotopic (exact) mass is 357 g/mol. The molecule has 0 bridgehead atoms. The number of anilines is 1. The van der Waals surface area contributed by atoms with E-state index < -0.39 is 12.0 Å². The van der Waals surface area contributed by atoms with Gasteiger partial charge in [0.25, 0.3) is 0 Å². The fraction of sp³-hybridized carbons (Fsp3) is 0.308. The molecular weight excluding hydrogens is 342 g/mol. The van der Waals surface area contributed by atoms with Gasteiger partial charge < -0.3 is 20.6 Å². The second-order valence-corrected chi connectivity index (χ2v) is 4.97. The van der Waals surface area contributed by atoms with Crippen LogP contribution in [0.3, 0.4) is 0 Å². The van der Waals surface area contributed by atoms with Crippen LogP contribution in [-0.4, -0.2) is 48.1 Å². The van der Waals surface area contributed by atoms with E-state index in [1.807, 2.05) is 0 Å². The minimum atomic E-state index is -1.10. The Morgan fingerprint density at radius 3 is 2.52 bits per heavy atom. The summed E-state index contributed by atoms with van der Waals surface area (Å²) in [4.78, 5) is 35.7. The van der Waals surface area contributed by atoms with Gasteiger partial charge in [-0.2, -0.15) is 0 Å². The lowest BCUT2D eigenvalue weighted by Crippen LogP contribution is -2.41. The largest absolute Gasteiger partial charge is 0.478 e. The molecule has 3 amide bonds. The number of carboxylic acids is 1. The normalized spacial score (nSPS) is 9.86. The van der Waals surface area contributed by atoms with Gasteiger partial charge >= 0.3 is 12.0 Å². The van der Waals surface area contributed by atoms with Gasteiger partial charge in [0.1, 0.15) is 6.54 Å². The highest BCUT2D eigenvalue weighted by Gasteiger charge is 2.16. The van der Waals surface area contributed by atoms with Gasteiger partial charge in [0.2, 0.25) is 5.91 Å². The summed E-state index contributed by atoms with van der Waals surface area (Å²) in [6.07, 6.45) is 0. The van der Waals surface area contributed by atoms with Crippen LogP contribution >= 0.6 is 15.9 Å². The molecule has 0 unspecified atom stereocenters. The molecule has 0 aliphatic rings. The van der Waals surface area contributed by atoms with Crippen LogP contribution in [0.2, 0.25) is 0 Å². The summed E-state index contributed by atoms with van der Waals surface area (Å²) in [6, 6.07) is 3.98. The molecule has 7 nitrogen and oxygen atoms in total. The molecule has 1 rings (SSSR count). The maximum Gasteiger partial charge on any atom is 0.336 e. The molecule has 0 aliphatic carbocycles. The average Bonchev–Trinajstić information content (AvgIpc) is 2.45. The predicted octanol–water partition coefficient (Wildman–Crippen LogP) is 1.75. The molecule has 0 saturated heterocycles. The molecule has 1 aromatic rings. The first-order chi connectivity index (χ1) is 9.88. The van der Waals surface area contributed by atoms with Crippen molar-refractivity contribution in [1.29, 1.82) is 0 Å². The number of nitrogens with zero attached hydrogens (tertiary/aromatic N) is 1. The minimum Gasteiger partial charge on any atom is -0.478 e. The van der Waals surface area contributed by atoms with Crippen LogP contribution in [0.25, 0.3) is 0 Å². The molecular formula is C13H16BrN3O4. The summed E-state index contributed by atoms with van der Waals surface area (Å²) in [6.45, 7) is 2.02. The molecule has 21 heavy (non-hydrogen) atoms. The number of halogens is 1. The Hall–Kier alpha value is -2.09. The molecule has 0 saturated carbocycles. The Morgan fingerprint density at radius 1 is 1.33 bits per heavy atom. The number of carbonyl (C=O) groups is 3. The first kappa shape index (κ1) is 17.0. The highest BCUT2D eigenvalue weighted by Crippen LogP contribution is 2.21. The summed E-state index contributed by atoms with van der Waals surface area (Å²) in [5.41, 5.74) is 0.387. The van der Waals surface area contributed by atoms with E-state index in [1.165, 1.54) is 24.1 Å². The van der Waals surface area contributed by atoms with E-state index in [1.54, 1.807) is 13.0 Å². The SMILES string of the molecule is CCN(CC(=O)NC)C(=O)Nc1ccc(Br)c(C(=O)O)c1. The van der Waals surface area contributed by atoms with Crippen LogP contribution in [0, 0.1) is 0 Å². The van der Waals surface area contributed by atoms with Crippen LogP contribution in [-0.2, 0) is 4.79 Å². The number of urea groups is 1. The number of nitrogens with one attached hydrogen (secondary N) is 2. The zero-order valence-corrected chi connectivity index (χ0v) is 13.2. The molecule has 3 N–H and O–H groups in total. The Balaban J connectivity index is 2.84. The van der Waals surface area contributed by atoms with E-state index in [0.29, 0.717) is 16.7 Å². The highest BCUT2D eigenvalue weighted by molar-refractivity contribution is 9.10. The van der Waals surface area contributed by atoms with Crippen LogP contribution < -0.4 is 10.6 Å². The van der Waals surface area contributed by atoms with Crippen molar-refractivity contribution in [2.75, 3.05) is 25.5 Å². The summed E-state index contributed by atoms with van der Waals surface area (Å²) in [5, 5.41) is 14.0. The zero-order valence-electron chi connectivity index (χ0n) is 11.6. The van der Waals surface area contributed by atoms with Crippen molar-refractivity contribution in [3.63, 3.8) is 0 Å². The maximum absolute atomic E-state index is 12.0. The lowest BCUT2D eigenvalue weighted by molar-refractivity contribution is -0.121. The molecule has 0 atom stereocenters. The average molecular weight is 358 g/mol. The molecule has 8 heteroatoms. The van der Waals surface area contributed by atoms with E-state index in [9.17, 15) is 14.4 Å². The topological polar surface area (TPSA) is 98.7 Å². The van der Waals surface area contributed by atoms with Gasteiger partial charge in [-0.15, -0.1) is 0 Å². The Kier molecular flexibility index (Phi) is 6.16. The highest BCUT2D eigenvalue weighted by atomic mass is 79.9. The van der Waals surface area contributed by atoms with Gasteiger partial charge in [-0.05, 0) is 41.1 Å². The first-order valence-corrected chi connectivity index (χ1v) is 6.97. The van der Waals surface area contributed by atoms with Crippen molar-refractivity contribution in [1.82, 2.24) is 10.2 Å². The van der Waals surface area contributed by atoms with Crippen LogP contribution in [0.1, 0.15) is 17.3 Å².